The van der Waals surface area contributed by atoms with Crippen LogP contribution in [0.5, 0.6) is 0 Å². The maximum absolute atomic E-state index is 4.58. The van der Waals surface area contributed by atoms with Gasteiger partial charge in [0.15, 0.2) is 0 Å². The average molecular weight is 274 g/mol. The number of hydrogen-bond donors (Lipinski definition) is 1. The highest BCUT2D eigenvalue weighted by Gasteiger charge is 2.09. The third kappa shape index (κ3) is 3.92. The predicted octanol–water partition coefficient (Wildman–Crippen LogP) is 3.58. The van der Waals surface area contributed by atoms with E-state index >= 15 is 0 Å². The van der Waals surface area contributed by atoms with E-state index in [2.05, 4.69) is 41.0 Å². The number of anilines is 1. The largest absolute Gasteiger partial charge is 0.370 e. The van der Waals surface area contributed by atoms with Crippen LogP contribution in [0.25, 0.3) is 0 Å². The molecule has 5 heteroatoms. The van der Waals surface area contributed by atoms with Crippen molar-refractivity contribution in [2.24, 2.45) is 0 Å². The molecule has 0 aromatic carbocycles. The van der Waals surface area contributed by atoms with Gasteiger partial charge in [-0.15, -0.1) is 0 Å². The van der Waals surface area contributed by atoms with Crippen LogP contribution in [0, 0.1) is 0 Å². The fraction of sp³-hybridized carbons (Fsp3) is 0.357. The van der Waals surface area contributed by atoms with Crippen molar-refractivity contribution in [1.29, 1.82) is 0 Å². The molecule has 100 valence electrons. The van der Waals surface area contributed by atoms with Crippen molar-refractivity contribution < 1.29 is 0 Å². The van der Waals surface area contributed by atoms with E-state index in [0.29, 0.717) is 5.92 Å². The third-order valence-corrected chi connectivity index (χ3v) is 3.31. The van der Waals surface area contributed by atoms with E-state index in [4.69, 9.17) is 0 Å². The second-order valence-electron chi connectivity index (χ2n) is 4.40. The van der Waals surface area contributed by atoms with Crippen molar-refractivity contribution in [3.8, 4) is 0 Å². The quantitative estimate of drug-likeness (QED) is 0.845. The van der Waals surface area contributed by atoms with E-state index in [1.54, 1.807) is 18.0 Å². The van der Waals surface area contributed by atoms with Gasteiger partial charge in [-0.25, -0.2) is 15.0 Å². The highest BCUT2D eigenvalue weighted by atomic mass is 32.2. The molecule has 1 N–H and O–H groups in total. The Morgan fingerprint density at radius 2 is 2.05 bits per heavy atom. The van der Waals surface area contributed by atoms with Gasteiger partial charge in [-0.2, -0.15) is 0 Å². The molecule has 2 rings (SSSR count). The third-order valence-electron chi connectivity index (χ3n) is 2.44. The summed E-state index contributed by atoms with van der Waals surface area (Å²) in [4.78, 5) is 13.4. The van der Waals surface area contributed by atoms with E-state index < -0.39 is 0 Å². The first kappa shape index (κ1) is 13.8. The van der Waals surface area contributed by atoms with Crippen LogP contribution in [-0.4, -0.2) is 21.5 Å². The molecule has 2 aromatic heterocycles. The second-order valence-corrected chi connectivity index (χ2v) is 5.45. The van der Waals surface area contributed by atoms with Crippen LogP contribution in [0.15, 0.2) is 40.5 Å². The molecule has 19 heavy (non-hydrogen) atoms. The predicted molar refractivity (Wildman–Crippen MR) is 78.6 cm³/mol. The molecular formula is C14H18N4S. The number of nitrogens with zero attached hydrogens (tertiary/aromatic N) is 3. The van der Waals surface area contributed by atoms with Crippen molar-refractivity contribution in [1.82, 2.24) is 15.0 Å². The monoisotopic (exact) mass is 274 g/mol. The number of rotatable bonds is 5. The molecular weight excluding hydrogens is 256 g/mol. The Hall–Kier alpha value is -1.62. The SMILES string of the molecule is CCNc1cc(Sc2ccccn2)nc(C(C)C)n1. The fourth-order valence-corrected chi connectivity index (χ4v) is 2.32. The van der Waals surface area contributed by atoms with Crippen LogP contribution in [0.3, 0.4) is 0 Å². The summed E-state index contributed by atoms with van der Waals surface area (Å²) in [6, 6.07) is 7.84. The van der Waals surface area contributed by atoms with Crippen molar-refractivity contribution >= 4 is 17.6 Å². The van der Waals surface area contributed by atoms with Gasteiger partial charge in [-0.1, -0.05) is 19.9 Å². The number of nitrogens with one attached hydrogen (secondary N) is 1. The lowest BCUT2D eigenvalue weighted by Gasteiger charge is -2.10. The van der Waals surface area contributed by atoms with Crippen molar-refractivity contribution in [3.05, 3.63) is 36.3 Å². The number of hydrogen-bond acceptors (Lipinski definition) is 5. The lowest BCUT2D eigenvalue weighted by molar-refractivity contribution is 0.754. The molecule has 0 spiro atoms. The van der Waals surface area contributed by atoms with Gasteiger partial charge in [-0.05, 0) is 30.8 Å². The zero-order valence-corrected chi connectivity index (χ0v) is 12.2. The maximum atomic E-state index is 4.58. The zero-order chi connectivity index (χ0) is 13.7. The molecule has 0 bridgehead atoms. The van der Waals surface area contributed by atoms with E-state index in [1.165, 1.54) is 0 Å². The Kier molecular flexibility index (Phi) is 4.74. The smallest absolute Gasteiger partial charge is 0.134 e. The molecule has 0 radical (unpaired) electrons. The minimum Gasteiger partial charge on any atom is -0.370 e. The van der Waals surface area contributed by atoms with Gasteiger partial charge in [0.05, 0.1) is 0 Å². The van der Waals surface area contributed by atoms with Crippen molar-refractivity contribution in [2.45, 2.75) is 36.7 Å². The molecule has 0 atom stereocenters. The van der Waals surface area contributed by atoms with Gasteiger partial charge in [0, 0.05) is 24.7 Å². The zero-order valence-electron chi connectivity index (χ0n) is 11.4. The molecule has 0 aliphatic carbocycles. The summed E-state index contributed by atoms with van der Waals surface area (Å²) in [5, 5.41) is 5.11. The molecule has 0 saturated carbocycles. The van der Waals surface area contributed by atoms with Crippen LogP contribution in [-0.2, 0) is 0 Å². The average Bonchev–Trinajstić information content (AvgIpc) is 2.40. The highest BCUT2D eigenvalue weighted by Crippen LogP contribution is 2.26. The minimum absolute atomic E-state index is 0.307. The van der Waals surface area contributed by atoms with Crippen molar-refractivity contribution in [2.75, 3.05) is 11.9 Å². The Balaban J connectivity index is 2.28. The summed E-state index contributed by atoms with van der Waals surface area (Å²) in [6.07, 6.45) is 1.79. The molecule has 2 heterocycles. The molecule has 0 aliphatic rings. The standard InChI is InChI=1S/C14H18N4S/c1-4-15-11-9-13(18-14(17-11)10(2)3)19-12-7-5-6-8-16-12/h5-10H,4H2,1-3H3,(H,15,17,18). The molecule has 4 nitrogen and oxygen atoms in total. The summed E-state index contributed by atoms with van der Waals surface area (Å²) in [5.41, 5.74) is 0. The highest BCUT2D eigenvalue weighted by molar-refractivity contribution is 7.99. The Labute approximate surface area is 118 Å². The van der Waals surface area contributed by atoms with Crippen LogP contribution >= 0.6 is 11.8 Å². The molecule has 0 amide bonds. The summed E-state index contributed by atoms with van der Waals surface area (Å²) < 4.78 is 0. The van der Waals surface area contributed by atoms with Crippen LogP contribution in [0.4, 0.5) is 5.82 Å². The summed E-state index contributed by atoms with van der Waals surface area (Å²) in [7, 11) is 0. The molecule has 0 unspecified atom stereocenters. The maximum Gasteiger partial charge on any atom is 0.134 e. The summed E-state index contributed by atoms with van der Waals surface area (Å²) in [5.74, 6) is 2.04. The second kappa shape index (κ2) is 6.52. The molecule has 0 saturated heterocycles. The minimum atomic E-state index is 0.307. The number of pyridine rings is 1. The van der Waals surface area contributed by atoms with E-state index in [0.717, 1.165) is 28.2 Å². The Morgan fingerprint density at radius 3 is 2.68 bits per heavy atom. The van der Waals surface area contributed by atoms with Gasteiger partial charge >= 0.3 is 0 Å². The molecule has 0 fully saturated rings. The molecule has 0 aliphatic heterocycles. The van der Waals surface area contributed by atoms with Gasteiger partial charge in [0.25, 0.3) is 0 Å². The van der Waals surface area contributed by atoms with E-state index in [-0.39, 0.29) is 0 Å². The summed E-state index contributed by atoms with van der Waals surface area (Å²) >= 11 is 1.56. The van der Waals surface area contributed by atoms with E-state index in [1.807, 2.05) is 24.3 Å². The Bertz CT molecular complexity index is 528. The topological polar surface area (TPSA) is 50.7 Å². The van der Waals surface area contributed by atoms with Crippen LogP contribution < -0.4 is 5.32 Å². The molecule has 2 aromatic rings. The first-order valence-electron chi connectivity index (χ1n) is 6.40. The van der Waals surface area contributed by atoms with Crippen molar-refractivity contribution in [3.63, 3.8) is 0 Å². The van der Waals surface area contributed by atoms with Gasteiger partial charge in [-0.3, -0.25) is 0 Å². The van der Waals surface area contributed by atoms with E-state index in [9.17, 15) is 0 Å². The first-order valence-corrected chi connectivity index (χ1v) is 7.22. The van der Waals surface area contributed by atoms with Gasteiger partial charge < -0.3 is 5.32 Å². The fourth-order valence-electron chi connectivity index (χ4n) is 1.54. The normalized spacial score (nSPS) is 10.7. The lowest BCUT2D eigenvalue weighted by atomic mass is 10.2. The number of aromatic nitrogens is 3. The van der Waals surface area contributed by atoms with Crippen LogP contribution in [0.2, 0.25) is 0 Å². The lowest BCUT2D eigenvalue weighted by Crippen LogP contribution is -2.05. The summed E-state index contributed by atoms with van der Waals surface area (Å²) in [6.45, 7) is 7.10. The van der Waals surface area contributed by atoms with Crippen LogP contribution in [0.1, 0.15) is 32.5 Å². The van der Waals surface area contributed by atoms with Gasteiger partial charge in [0.2, 0.25) is 0 Å². The Morgan fingerprint density at radius 1 is 1.21 bits per heavy atom. The van der Waals surface area contributed by atoms with Gasteiger partial charge in [0.1, 0.15) is 21.7 Å². The first-order chi connectivity index (χ1) is 9.19.